The molecule has 0 saturated heterocycles. The summed E-state index contributed by atoms with van der Waals surface area (Å²) in [4.78, 5) is 15.5. The molecule has 0 aliphatic carbocycles. The van der Waals surface area contributed by atoms with Crippen LogP contribution in [0.3, 0.4) is 0 Å². The zero-order valence-electron chi connectivity index (χ0n) is 29.9. The lowest BCUT2D eigenvalue weighted by Crippen LogP contribution is -2.28. The maximum atomic E-state index is 13.6. The van der Waals surface area contributed by atoms with E-state index in [9.17, 15) is 13.6 Å². The summed E-state index contributed by atoms with van der Waals surface area (Å²) >= 11 is 0. The molecule has 8 heteroatoms. The van der Waals surface area contributed by atoms with Crippen LogP contribution >= 0.6 is 0 Å². The van der Waals surface area contributed by atoms with E-state index in [1.54, 1.807) is 46.8 Å². The van der Waals surface area contributed by atoms with Crippen LogP contribution in [0.1, 0.15) is 98.0 Å². The van der Waals surface area contributed by atoms with Crippen molar-refractivity contribution in [1.29, 1.82) is 5.26 Å². The number of hydrogen-bond donors (Lipinski definition) is 2. The predicted molar refractivity (Wildman–Crippen MR) is 193 cm³/mol. The molecule has 0 amide bonds. The van der Waals surface area contributed by atoms with Crippen molar-refractivity contribution in [3.05, 3.63) is 88.7 Å². The summed E-state index contributed by atoms with van der Waals surface area (Å²) in [6.45, 7) is 24.0. The van der Waals surface area contributed by atoms with Gasteiger partial charge in [-0.3, -0.25) is 9.79 Å². The summed E-state index contributed by atoms with van der Waals surface area (Å²) in [5.41, 5.74) is 11.0. The Morgan fingerprint density at radius 1 is 1.17 bits per heavy atom. The Balaban J connectivity index is 0. The molecular formula is C38H58F2N4O2. The summed E-state index contributed by atoms with van der Waals surface area (Å²) in [5.74, 6) is -3.27. The number of nitrogens with one attached hydrogen (secondary N) is 1. The van der Waals surface area contributed by atoms with Crippen LogP contribution in [-0.4, -0.2) is 43.7 Å². The lowest BCUT2D eigenvalue weighted by atomic mass is 9.98. The lowest BCUT2D eigenvalue weighted by molar-refractivity contribution is 0.100. The van der Waals surface area contributed by atoms with Gasteiger partial charge in [0.1, 0.15) is 5.71 Å². The largest absolute Gasteiger partial charge is 0.381 e. The van der Waals surface area contributed by atoms with E-state index in [1.165, 1.54) is 0 Å². The van der Waals surface area contributed by atoms with E-state index in [0.717, 1.165) is 79.6 Å². The Morgan fingerprint density at radius 2 is 1.83 bits per heavy atom. The third kappa shape index (κ3) is 19.0. The number of carbonyl (C=O) groups excluding carboxylic acids is 1. The molecule has 1 atom stereocenters. The Labute approximate surface area is 277 Å². The smallest absolute Gasteiger partial charge is 0.287 e. The van der Waals surface area contributed by atoms with E-state index >= 15 is 0 Å². The van der Waals surface area contributed by atoms with Gasteiger partial charge in [0.2, 0.25) is 0 Å². The van der Waals surface area contributed by atoms with Crippen molar-refractivity contribution in [2.24, 2.45) is 16.6 Å². The third-order valence-corrected chi connectivity index (χ3v) is 6.46. The number of rotatable bonds is 16. The summed E-state index contributed by atoms with van der Waals surface area (Å²) in [7, 11) is 0. The van der Waals surface area contributed by atoms with Gasteiger partial charge in [-0.2, -0.15) is 14.0 Å². The number of halogens is 2. The zero-order chi connectivity index (χ0) is 35.7. The Bertz CT molecular complexity index is 1260. The molecule has 1 unspecified atom stereocenters. The van der Waals surface area contributed by atoms with Crippen molar-refractivity contribution in [2.75, 3.05) is 31.6 Å². The number of benzene rings is 1. The molecule has 1 aromatic rings. The van der Waals surface area contributed by atoms with Crippen LogP contribution in [0.25, 0.3) is 0 Å². The van der Waals surface area contributed by atoms with Crippen LogP contribution < -0.4 is 11.1 Å². The molecule has 0 bridgehead atoms. The third-order valence-electron chi connectivity index (χ3n) is 6.46. The van der Waals surface area contributed by atoms with E-state index < -0.39 is 5.92 Å². The van der Waals surface area contributed by atoms with Crippen molar-refractivity contribution < 1.29 is 18.3 Å². The molecule has 6 nitrogen and oxygen atoms in total. The van der Waals surface area contributed by atoms with Gasteiger partial charge in [0, 0.05) is 37.1 Å². The highest BCUT2D eigenvalue weighted by atomic mass is 19.3. The molecule has 0 radical (unpaired) electrons. The molecule has 0 heterocycles. The quantitative estimate of drug-likeness (QED) is 0.0811. The van der Waals surface area contributed by atoms with E-state index in [1.807, 2.05) is 56.3 Å². The first-order valence-electron chi connectivity index (χ1n) is 16.0. The summed E-state index contributed by atoms with van der Waals surface area (Å²) in [6.07, 6.45) is 12.3. The molecule has 1 aromatic carbocycles. The van der Waals surface area contributed by atoms with Crippen LogP contribution in [0.5, 0.6) is 0 Å². The van der Waals surface area contributed by atoms with E-state index in [-0.39, 0.29) is 24.0 Å². The van der Waals surface area contributed by atoms with Crippen LogP contribution in [-0.2, 0) is 11.2 Å². The van der Waals surface area contributed by atoms with E-state index in [0.29, 0.717) is 5.57 Å². The highest BCUT2D eigenvalue weighted by Gasteiger charge is 2.32. The molecule has 0 saturated carbocycles. The number of allylic oxidation sites excluding steroid dienone is 8. The first-order valence-corrected chi connectivity index (χ1v) is 16.0. The molecule has 1 rings (SSSR count). The van der Waals surface area contributed by atoms with Gasteiger partial charge >= 0.3 is 0 Å². The minimum atomic E-state index is -3.01. The van der Waals surface area contributed by atoms with E-state index in [4.69, 9.17) is 15.7 Å². The van der Waals surface area contributed by atoms with Gasteiger partial charge in [-0.05, 0) is 121 Å². The number of aliphatic imine (C=N–C) groups is 1. The molecule has 0 aliphatic rings. The molecule has 0 aromatic heterocycles. The highest BCUT2D eigenvalue weighted by molar-refractivity contribution is 6.08. The second kappa shape index (κ2) is 25.5. The fourth-order valence-electron chi connectivity index (χ4n) is 3.81. The van der Waals surface area contributed by atoms with Crippen molar-refractivity contribution in [3.8, 4) is 6.07 Å². The van der Waals surface area contributed by atoms with Crippen LogP contribution in [0.4, 0.5) is 14.5 Å². The number of Topliss-reactive ketones (excluding diaryl/α,β-unsaturated/α-hetero) is 1. The minimum absolute atomic E-state index is 0.0869. The van der Waals surface area contributed by atoms with Gasteiger partial charge in [-0.1, -0.05) is 44.7 Å². The van der Waals surface area contributed by atoms with Gasteiger partial charge in [0.25, 0.3) is 5.92 Å². The van der Waals surface area contributed by atoms with Crippen LogP contribution in [0, 0.1) is 17.2 Å². The molecule has 0 fully saturated rings. The van der Waals surface area contributed by atoms with Gasteiger partial charge in [-0.25, -0.2) is 0 Å². The average molecular weight is 641 g/mol. The number of carbonyl (C=O) groups is 1. The van der Waals surface area contributed by atoms with Crippen molar-refractivity contribution >= 4 is 17.2 Å². The zero-order valence-corrected chi connectivity index (χ0v) is 29.9. The first-order chi connectivity index (χ1) is 21.7. The summed E-state index contributed by atoms with van der Waals surface area (Å²) in [5, 5.41) is 12.0. The number of aryl methyl sites for hydroxylation is 1. The number of nitriles is 1. The van der Waals surface area contributed by atoms with Crippen molar-refractivity contribution in [3.63, 3.8) is 0 Å². The van der Waals surface area contributed by atoms with Crippen molar-refractivity contribution in [2.45, 2.75) is 94.4 Å². The molecule has 3 N–H and O–H groups in total. The predicted octanol–water partition coefficient (Wildman–Crippen LogP) is 9.82. The fraction of sp³-hybridized carbons (Fsp3) is 0.500. The maximum Gasteiger partial charge on any atom is 0.287 e. The monoisotopic (exact) mass is 640 g/mol. The molecule has 256 valence electrons. The normalized spacial score (nSPS) is 13.2. The Hall–Kier alpha value is -3.67. The number of anilines is 1. The summed E-state index contributed by atoms with van der Waals surface area (Å²) in [6, 6.07) is 7.83. The topological polar surface area (TPSA) is 100 Å². The number of nitrogens with two attached hydrogens (primary N) is 1. The lowest BCUT2D eigenvalue weighted by Gasteiger charge is -2.18. The van der Waals surface area contributed by atoms with E-state index in [2.05, 4.69) is 30.7 Å². The molecule has 46 heavy (non-hydrogen) atoms. The Morgan fingerprint density at radius 3 is 2.26 bits per heavy atom. The number of hydrogen-bond acceptors (Lipinski definition) is 6. The van der Waals surface area contributed by atoms with Gasteiger partial charge < -0.3 is 15.8 Å². The SMILES string of the molecule is C/C=C(C(=NCC(C)C#N)C(C)(F)F)/C(C)=C/C.C=C(C)/C(=C\C=C/C)Nc1ccc(C(C)=O)c(CC)c1.CCCOCCCN. The van der Waals surface area contributed by atoms with Crippen molar-refractivity contribution in [1.82, 2.24) is 0 Å². The minimum Gasteiger partial charge on any atom is -0.381 e. The van der Waals surface area contributed by atoms with Gasteiger partial charge in [0.05, 0.1) is 18.5 Å². The maximum absolute atomic E-state index is 13.6. The number of nitrogens with zero attached hydrogens (tertiary/aromatic N) is 2. The number of ketones is 1. The highest BCUT2D eigenvalue weighted by Crippen LogP contribution is 2.25. The van der Waals surface area contributed by atoms with Gasteiger partial charge in [0.15, 0.2) is 5.78 Å². The van der Waals surface area contributed by atoms with Crippen LogP contribution in [0.2, 0.25) is 0 Å². The van der Waals surface area contributed by atoms with Crippen LogP contribution in [0.15, 0.2) is 82.6 Å². The van der Waals surface area contributed by atoms with Gasteiger partial charge in [-0.15, -0.1) is 0 Å². The second-order valence-electron chi connectivity index (χ2n) is 10.8. The molecule has 0 spiro atoms. The Kier molecular flexibility index (Phi) is 24.7. The standard InChI is InChI=1S/C18H23NO.C14H20F2N2.C6H15NO/c1-6-8-9-18(13(3)4)19-16-10-11-17(14(5)20)15(7-2)12-16;1-6-11(4)12(7-2)13(14(5,15)16)18-9-10(3)8-17;1-2-5-8-6-3-4-7/h6,8-12,19H,3,7H2,1-2,4-5H3;6-7,10H,9H2,1-5H3;2-7H2,1H3/b8-6-,18-9+;11-6+,12-7-,18-13?;. The summed E-state index contributed by atoms with van der Waals surface area (Å²) < 4.78 is 32.3. The number of ether oxygens (including phenoxy) is 1. The molecular weight excluding hydrogens is 582 g/mol. The number of alkyl halides is 2. The average Bonchev–Trinajstić information content (AvgIpc) is 3.02. The first kappa shape index (κ1) is 44.5. The molecule has 0 aliphatic heterocycles. The second-order valence-corrected chi connectivity index (χ2v) is 10.8. The fourth-order valence-corrected chi connectivity index (χ4v) is 3.81.